The summed E-state index contributed by atoms with van der Waals surface area (Å²) in [6.07, 6.45) is 0. The summed E-state index contributed by atoms with van der Waals surface area (Å²) in [5.74, 6) is -1.87. The van der Waals surface area contributed by atoms with Crippen molar-refractivity contribution in [2.45, 2.75) is 0 Å². The second-order valence-electron chi connectivity index (χ2n) is 4.53. The van der Waals surface area contributed by atoms with E-state index in [2.05, 4.69) is 9.98 Å². The van der Waals surface area contributed by atoms with Crippen LogP contribution in [-0.2, 0) is 0 Å². The van der Waals surface area contributed by atoms with Gasteiger partial charge >= 0.3 is 5.97 Å². The van der Waals surface area contributed by atoms with E-state index in [-0.39, 0.29) is 28.4 Å². The van der Waals surface area contributed by atoms with Crippen LogP contribution in [0, 0.1) is 0 Å². The molecule has 0 saturated heterocycles. The van der Waals surface area contributed by atoms with Crippen molar-refractivity contribution in [1.29, 1.82) is 0 Å². The topological polar surface area (TPSA) is 149 Å². The Hall–Kier alpha value is -3.26. The number of hydrogen-bond donors (Lipinski definition) is 4. The monoisotopic (exact) mass is 347 g/mol. The van der Waals surface area contributed by atoms with E-state index in [0.717, 1.165) is 0 Å². The van der Waals surface area contributed by atoms with Crippen molar-refractivity contribution >= 4 is 35.2 Å². The molecule has 0 unspecified atom stereocenters. The van der Waals surface area contributed by atoms with Crippen LogP contribution in [0.5, 0.6) is 11.5 Å². The molecule has 0 aromatic heterocycles. The molecule has 7 N–H and O–H groups in total. The first-order valence-electron chi connectivity index (χ1n) is 6.60. The molecule has 124 valence electrons. The van der Waals surface area contributed by atoms with Gasteiger partial charge in [-0.1, -0.05) is 29.8 Å². The molecule has 0 atom stereocenters. The van der Waals surface area contributed by atoms with Crippen LogP contribution in [0.1, 0.15) is 10.4 Å². The average Bonchev–Trinajstić information content (AvgIpc) is 2.51. The Bertz CT molecular complexity index is 817. The highest BCUT2D eigenvalue weighted by atomic mass is 35.5. The van der Waals surface area contributed by atoms with E-state index in [1.165, 1.54) is 12.1 Å². The minimum absolute atomic E-state index is 0.0548. The Balaban J connectivity index is 2.35. The standard InChI is InChI=1S/C15H14ClN5O3/c16-9-6-10(20-15(19)21-14(17)18)12(22)11(7-9)24-13(23)8-4-2-1-3-5-8/h1-7,22H,(H6,17,18,19,20,21). The molecule has 0 spiro atoms. The van der Waals surface area contributed by atoms with Gasteiger partial charge in [0.05, 0.1) is 5.56 Å². The molecule has 0 amide bonds. The molecule has 8 nitrogen and oxygen atoms in total. The third-order valence-electron chi connectivity index (χ3n) is 2.71. The van der Waals surface area contributed by atoms with E-state index in [0.29, 0.717) is 5.56 Å². The van der Waals surface area contributed by atoms with Crippen LogP contribution in [0.3, 0.4) is 0 Å². The fourth-order valence-electron chi connectivity index (χ4n) is 1.74. The van der Waals surface area contributed by atoms with Crippen LogP contribution < -0.4 is 21.9 Å². The number of aliphatic imine (C=N–C) groups is 2. The number of guanidine groups is 2. The van der Waals surface area contributed by atoms with Crippen molar-refractivity contribution in [3.8, 4) is 11.5 Å². The van der Waals surface area contributed by atoms with E-state index in [1.807, 2.05) is 0 Å². The normalized spacial score (nSPS) is 11.0. The summed E-state index contributed by atoms with van der Waals surface area (Å²) in [5.41, 5.74) is 16.1. The number of nitrogens with two attached hydrogens (primary N) is 3. The van der Waals surface area contributed by atoms with Gasteiger partial charge in [0.1, 0.15) is 5.69 Å². The highest BCUT2D eigenvalue weighted by Gasteiger charge is 2.15. The largest absolute Gasteiger partial charge is 0.503 e. The summed E-state index contributed by atoms with van der Waals surface area (Å²) in [7, 11) is 0. The molecule has 9 heteroatoms. The number of aromatic hydroxyl groups is 1. The quantitative estimate of drug-likeness (QED) is 0.286. The van der Waals surface area contributed by atoms with E-state index in [4.69, 9.17) is 33.5 Å². The van der Waals surface area contributed by atoms with Gasteiger partial charge in [-0.15, -0.1) is 0 Å². The van der Waals surface area contributed by atoms with Gasteiger partial charge in [-0.2, -0.15) is 4.99 Å². The highest BCUT2D eigenvalue weighted by molar-refractivity contribution is 6.31. The summed E-state index contributed by atoms with van der Waals surface area (Å²) in [6, 6.07) is 10.8. The predicted molar refractivity (Wildman–Crippen MR) is 91.6 cm³/mol. The molecule has 0 bridgehead atoms. The van der Waals surface area contributed by atoms with Crippen LogP contribution >= 0.6 is 11.6 Å². The number of nitrogens with zero attached hydrogens (tertiary/aromatic N) is 2. The number of ether oxygens (including phenoxy) is 1. The van der Waals surface area contributed by atoms with Gasteiger partial charge in [-0.05, 0) is 18.2 Å². The number of esters is 1. The number of carbonyl (C=O) groups excluding carboxylic acids is 1. The highest BCUT2D eigenvalue weighted by Crippen LogP contribution is 2.39. The zero-order chi connectivity index (χ0) is 17.7. The third-order valence-corrected chi connectivity index (χ3v) is 2.93. The van der Waals surface area contributed by atoms with E-state index < -0.39 is 11.7 Å². The fourth-order valence-corrected chi connectivity index (χ4v) is 1.94. The van der Waals surface area contributed by atoms with Gasteiger partial charge in [0.15, 0.2) is 17.5 Å². The number of halogens is 1. The maximum atomic E-state index is 12.1. The molecule has 0 aliphatic heterocycles. The number of phenols is 1. The molecule has 0 heterocycles. The number of phenolic OH excluding ortho intramolecular Hbond substituents is 1. The zero-order valence-corrected chi connectivity index (χ0v) is 13.1. The van der Waals surface area contributed by atoms with Gasteiger partial charge in [0.25, 0.3) is 0 Å². The van der Waals surface area contributed by atoms with E-state index >= 15 is 0 Å². The van der Waals surface area contributed by atoms with Crippen molar-refractivity contribution in [1.82, 2.24) is 0 Å². The Kier molecular flexibility index (Phi) is 5.23. The van der Waals surface area contributed by atoms with Gasteiger partial charge in [-0.3, -0.25) is 0 Å². The first kappa shape index (κ1) is 17.1. The molecule has 0 aliphatic carbocycles. The lowest BCUT2D eigenvalue weighted by Crippen LogP contribution is -2.26. The molecule has 0 aliphatic rings. The summed E-state index contributed by atoms with van der Waals surface area (Å²) in [6.45, 7) is 0. The molecular formula is C15H14ClN5O3. The van der Waals surface area contributed by atoms with Crippen LogP contribution in [0.4, 0.5) is 5.69 Å². The summed E-state index contributed by atoms with van der Waals surface area (Å²) >= 11 is 5.94. The van der Waals surface area contributed by atoms with Crippen LogP contribution in [0.2, 0.25) is 5.02 Å². The van der Waals surface area contributed by atoms with Gasteiger partial charge < -0.3 is 27.0 Å². The summed E-state index contributed by atoms with van der Waals surface area (Å²) in [4.78, 5) is 19.4. The van der Waals surface area contributed by atoms with Crippen molar-refractivity contribution in [3.63, 3.8) is 0 Å². The number of benzene rings is 2. The Morgan fingerprint density at radius 1 is 1.12 bits per heavy atom. The van der Waals surface area contributed by atoms with Crippen molar-refractivity contribution < 1.29 is 14.6 Å². The molecule has 2 aromatic rings. The first-order valence-corrected chi connectivity index (χ1v) is 6.98. The maximum Gasteiger partial charge on any atom is 0.343 e. The van der Waals surface area contributed by atoms with Crippen molar-refractivity contribution in [2.24, 2.45) is 27.2 Å². The second-order valence-corrected chi connectivity index (χ2v) is 4.97. The second kappa shape index (κ2) is 7.34. The zero-order valence-electron chi connectivity index (χ0n) is 12.3. The molecule has 0 radical (unpaired) electrons. The molecule has 2 rings (SSSR count). The summed E-state index contributed by atoms with van der Waals surface area (Å²) < 4.78 is 5.15. The predicted octanol–water partition coefficient (Wildman–Crippen LogP) is 1.48. The molecule has 0 fully saturated rings. The Morgan fingerprint density at radius 3 is 2.42 bits per heavy atom. The maximum absolute atomic E-state index is 12.1. The lowest BCUT2D eigenvalue weighted by Gasteiger charge is -2.09. The number of hydrogen-bond acceptors (Lipinski definition) is 4. The minimum atomic E-state index is -0.666. The minimum Gasteiger partial charge on any atom is -0.503 e. The average molecular weight is 348 g/mol. The SMILES string of the molecule is NC(N)=NC(N)=Nc1cc(Cl)cc(OC(=O)c2ccccc2)c1O. The lowest BCUT2D eigenvalue weighted by atomic mass is 10.2. The van der Waals surface area contributed by atoms with Crippen molar-refractivity contribution in [2.75, 3.05) is 0 Å². The molecule has 24 heavy (non-hydrogen) atoms. The van der Waals surface area contributed by atoms with Crippen molar-refractivity contribution in [3.05, 3.63) is 53.1 Å². The van der Waals surface area contributed by atoms with E-state index in [1.54, 1.807) is 30.3 Å². The number of carbonyl (C=O) groups is 1. The van der Waals surface area contributed by atoms with Gasteiger partial charge in [0.2, 0.25) is 5.96 Å². The summed E-state index contributed by atoms with van der Waals surface area (Å²) in [5, 5.41) is 10.3. The third kappa shape index (κ3) is 4.37. The first-order chi connectivity index (χ1) is 11.4. The van der Waals surface area contributed by atoms with Crippen LogP contribution in [-0.4, -0.2) is 23.0 Å². The molecule has 0 saturated carbocycles. The smallest absolute Gasteiger partial charge is 0.343 e. The van der Waals surface area contributed by atoms with Gasteiger partial charge in [0, 0.05) is 11.1 Å². The van der Waals surface area contributed by atoms with Crippen LogP contribution in [0.25, 0.3) is 0 Å². The Labute approximate surface area is 142 Å². The van der Waals surface area contributed by atoms with Gasteiger partial charge in [-0.25, -0.2) is 9.79 Å². The lowest BCUT2D eigenvalue weighted by molar-refractivity contribution is 0.0730. The molecular weight excluding hydrogens is 334 g/mol. The Morgan fingerprint density at radius 2 is 1.79 bits per heavy atom. The van der Waals surface area contributed by atoms with E-state index in [9.17, 15) is 9.90 Å². The number of rotatable bonds is 3. The molecule has 2 aromatic carbocycles. The fraction of sp³-hybridized carbons (Fsp3) is 0. The van der Waals surface area contributed by atoms with Crippen LogP contribution in [0.15, 0.2) is 52.4 Å².